The number of nitrogens with zero attached hydrogens (tertiary/aromatic N) is 1. The predicted molar refractivity (Wildman–Crippen MR) is 68.8 cm³/mol. The zero-order valence-corrected chi connectivity index (χ0v) is 10.9. The Hall–Kier alpha value is -1.26. The summed E-state index contributed by atoms with van der Waals surface area (Å²) in [6, 6.07) is 4.98. The molecule has 98 valence electrons. The molecule has 18 heavy (non-hydrogen) atoms. The van der Waals surface area contributed by atoms with Crippen molar-refractivity contribution in [3.05, 3.63) is 28.8 Å². The van der Waals surface area contributed by atoms with Crippen molar-refractivity contribution in [3.8, 4) is 5.75 Å². The third-order valence-corrected chi connectivity index (χ3v) is 3.94. The van der Waals surface area contributed by atoms with Crippen LogP contribution in [0.5, 0.6) is 5.75 Å². The summed E-state index contributed by atoms with van der Waals surface area (Å²) in [5.74, 6) is -0.743. The van der Waals surface area contributed by atoms with Gasteiger partial charge in [-0.15, -0.1) is 0 Å². The lowest BCUT2D eigenvalue weighted by Gasteiger charge is -2.31. The Balaban J connectivity index is 2.18. The fourth-order valence-electron chi connectivity index (χ4n) is 2.38. The highest BCUT2D eigenvalue weighted by atomic mass is 35.5. The number of hydrogen-bond acceptors (Lipinski definition) is 3. The van der Waals surface area contributed by atoms with Crippen LogP contribution in [-0.2, 0) is 11.3 Å². The van der Waals surface area contributed by atoms with Gasteiger partial charge in [0.1, 0.15) is 11.3 Å². The molecule has 1 unspecified atom stereocenters. The van der Waals surface area contributed by atoms with Crippen LogP contribution in [0, 0.1) is 0 Å². The number of phenols is 1. The Bertz CT molecular complexity index is 477. The summed E-state index contributed by atoms with van der Waals surface area (Å²) >= 11 is 5.85. The van der Waals surface area contributed by atoms with Crippen LogP contribution in [0.25, 0.3) is 0 Å². The molecule has 2 N–H and O–H groups in total. The Morgan fingerprint density at radius 1 is 1.56 bits per heavy atom. The van der Waals surface area contributed by atoms with Crippen LogP contribution >= 0.6 is 11.6 Å². The topological polar surface area (TPSA) is 60.8 Å². The Kier molecular flexibility index (Phi) is 3.50. The highest BCUT2D eigenvalue weighted by Crippen LogP contribution is 2.32. The van der Waals surface area contributed by atoms with Gasteiger partial charge in [-0.2, -0.15) is 0 Å². The van der Waals surface area contributed by atoms with Gasteiger partial charge in [-0.1, -0.05) is 17.7 Å². The molecule has 0 radical (unpaired) electrons. The maximum Gasteiger partial charge on any atom is 0.323 e. The van der Waals surface area contributed by atoms with Crippen molar-refractivity contribution in [3.63, 3.8) is 0 Å². The normalized spacial score (nSPS) is 24.3. The number of aliphatic carboxylic acids is 1. The Labute approximate surface area is 111 Å². The second-order valence-corrected chi connectivity index (χ2v) is 5.30. The predicted octanol–water partition coefficient (Wildman–Crippen LogP) is 2.48. The van der Waals surface area contributed by atoms with Crippen molar-refractivity contribution < 1.29 is 15.0 Å². The van der Waals surface area contributed by atoms with Crippen molar-refractivity contribution in [2.24, 2.45) is 0 Å². The van der Waals surface area contributed by atoms with Gasteiger partial charge in [0.25, 0.3) is 0 Å². The van der Waals surface area contributed by atoms with E-state index in [1.54, 1.807) is 19.1 Å². The van der Waals surface area contributed by atoms with Gasteiger partial charge in [0.05, 0.1) is 5.02 Å². The summed E-state index contributed by atoms with van der Waals surface area (Å²) < 4.78 is 0. The van der Waals surface area contributed by atoms with Crippen LogP contribution in [0.15, 0.2) is 18.2 Å². The summed E-state index contributed by atoms with van der Waals surface area (Å²) in [6.45, 7) is 3.05. The van der Waals surface area contributed by atoms with Gasteiger partial charge in [0, 0.05) is 6.54 Å². The third-order valence-electron chi connectivity index (χ3n) is 3.64. The number of carbonyl (C=O) groups is 1. The minimum absolute atomic E-state index is 0.0443. The summed E-state index contributed by atoms with van der Waals surface area (Å²) in [4.78, 5) is 13.3. The molecule has 1 aliphatic rings. The van der Waals surface area contributed by atoms with Crippen LogP contribution in [0.4, 0.5) is 0 Å². The van der Waals surface area contributed by atoms with E-state index in [4.69, 9.17) is 11.6 Å². The van der Waals surface area contributed by atoms with E-state index >= 15 is 0 Å². The molecule has 0 amide bonds. The van der Waals surface area contributed by atoms with Gasteiger partial charge < -0.3 is 10.2 Å². The van der Waals surface area contributed by atoms with E-state index in [0.29, 0.717) is 18.0 Å². The van der Waals surface area contributed by atoms with Crippen molar-refractivity contribution in [2.75, 3.05) is 6.54 Å². The number of carboxylic acid groups (broad SMARTS) is 1. The first-order chi connectivity index (χ1) is 8.43. The molecule has 1 atom stereocenters. The largest absolute Gasteiger partial charge is 0.506 e. The number of hydrogen-bond donors (Lipinski definition) is 2. The van der Waals surface area contributed by atoms with Gasteiger partial charge >= 0.3 is 5.97 Å². The van der Waals surface area contributed by atoms with Gasteiger partial charge in [0.15, 0.2) is 0 Å². The standard InChI is InChI=1S/C13H16ClNO3/c1-13(12(17)18)5-2-6-15(13)8-9-3-4-11(16)10(14)7-9/h3-4,7,16H,2,5-6,8H2,1H3,(H,17,18). The average molecular weight is 270 g/mol. The molecule has 1 aromatic carbocycles. The van der Waals surface area contributed by atoms with Crippen molar-refractivity contribution in [1.29, 1.82) is 0 Å². The van der Waals surface area contributed by atoms with E-state index in [1.807, 2.05) is 4.90 Å². The van der Waals surface area contributed by atoms with Crippen LogP contribution in [0.3, 0.4) is 0 Å². The molecule has 1 fully saturated rings. The number of halogens is 1. The summed E-state index contributed by atoms with van der Waals surface area (Å²) in [5, 5.41) is 19.0. The molecule has 0 aromatic heterocycles. The minimum Gasteiger partial charge on any atom is -0.506 e. The van der Waals surface area contributed by atoms with E-state index in [2.05, 4.69) is 0 Å². The molecule has 1 saturated heterocycles. The van der Waals surface area contributed by atoms with E-state index in [1.165, 1.54) is 6.07 Å². The fraction of sp³-hybridized carbons (Fsp3) is 0.462. The highest BCUT2D eigenvalue weighted by Gasteiger charge is 2.43. The number of phenolic OH excluding ortho intramolecular Hbond substituents is 1. The lowest BCUT2D eigenvalue weighted by molar-refractivity contribution is -0.148. The molecule has 1 aromatic rings. The molecule has 0 bridgehead atoms. The second-order valence-electron chi connectivity index (χ2n) is 4.89. The van der Waals surface area contributed by atoms with Gasteiger partial charge in [0.2, 0.25) is 0 Å². The number of rotatable bonds is 3. The maximum atomic E-state index is 11.3. The molecule has 2 rings (SSSR count). The number of aromatic hydroxyl groups is 1. The molecular weight excluding hydrogens is 254 g/mol. The first-order valence-electron chi connectivity index (χ1n) is 5.89. The van der Waals surface area contributed by atoms with E-state index in [9.17, 15) is 15.0 Å². The zero-order chi connectivity index (χ0) is 13.3. The Morgan fingerprint density at radius 3 is 2.89 bits per heavy atom. The van der Waals surface area contributed by atoms with Crippen LogP contribution in [0.2, 0.25) is 5.02 Å². The lowest BCUT2D eigenvalue weighted by Crippen LogP contribution is -2.47. The van der Waals surface area contributed by atoms with Crippen LogP contribution < -0.4 is 0 Å². The van der Waals surface area contributed by atoms with Gasteiger partial charge in [-0.3, -0.25) is 9.69 Å². The first kappa shape index (κ1) is 13.2. The number of likely N-dealkylation sites (tertiary alicyclic amines) is 1. The van der Waals surface area contributed by atoms with Gasteiger partial charge in [-0.25, -0.2) is 0 Å². The molecule has 1 aliphatic heterocycles. The molecule has 0 saturated carbocycles. The molecule has 0 aliphatic carbocycles. The van der Waals surface area contributed by atoms with Gasteiger partial charge in [-0.05, 0) is 44.0 Å². The van der Waals surface area contributed by atoms with Crippen molar-refractivity contribution in [2.45, 2.75) is 31.8 Å². The van der Waals surface area contributed by atoms with Crippen LogP contribution in [0.1, 0.15) is 25.3 Å². The molecule has 5 heteroatoms. The van der Waals surface area contributed by atoms with E-state index < -0.39 is 11.5 Å². The fourth-order valence-corrected chi connectivity index (χ4v) is 2.59. The molecule has 1 heterocycles. The second kappa shape index (κ2) is 4.78. The SMILES string of the molecule is CC1(C(=O)O)CCCN1Cc1ccc(O)c(Cl)c1. The maximum absolute atomic E-state index is 11.3. The molecule has 0 spiro atoms. The summed E-state index contributed by atoms with van der Waals surface area (Å²) in [5.41, 5.74) is 0.108. The summed E-state index contributed by atoms with van der Waals surface area (Å²) in [6.07, 6.45) is 1.54. The Morgan fingerprint density at radius 2 is 2.28 bits per heavy atom. The van der Waals surface area contributed by atoms with Crippen molar-refractivity contribution in [1.82, 2.24) is 4.90 Å². The van der Waals surface area contributed by atoms with E-state index in [-0.39, 0.29) is 5.75 Å². The number of carboxylic acids is 1. The zero-order valence-electron chi connectivity index (χ0n) is 10.2. The third kappa shape index (κ3) is 2.31. The van der Waals surface area contributed by atoms with Crippen LogP contribution in [-0.4, -0.2) is 33.2 Å². The summed E-state index contributed by atoms with van der Waals surface area (Å²) in [7, 11) is 0. The molecular formula is C13H16ClNO3. The van der Waals surface area contributed by atoms with E-state index in [0.717, 1.165) is 18.5 Å². The quantitative estimate of drug-likeness (QED) is 0.885. The monoisotopic (exact) mass is 269 g/mol. The highest BCUT2D eigenvalue weighted by molar-refractivity contribution is 6.32. The lowest BCUT2D eigenvalue weighted by atomic mass is 9.99. The number of benzene rings is 1. The van der Waals surface area contributed by atoms with Crippen molar-refractivity contribution >= 4 is 17.6 Å². The minimum atomic E-state index is -0.801. The smallest absolute Gasteiger partial charge is 0.323 e. The average Bonchev–Trinajstić information content (AvgIpc) is 2.67. The first-order valence-corrected chi connectivity index (χ1v) is 6.27. The molecule has 4 nitrogen and oxygen atoms in total.